The molecule has 0 aromatic carbocycles. The highest BCUT2D eigenvalue weighted by Crippen LogP contribution is 2.12. The minimum Gasteiger partial charge on any atom is -0.394 e. The van der Waals surface area contributed by atoms with Gasteiger partial charge < -0.3 is 15.5 Å². The van der Waals surface area contributed by atoms with Crippen molar-refractivity contribution in [3.8, 4) is 0 Å². The molecule has 0 aliphatic rings. The van der Waals surface area contributed by atoms with E-state index in [0.29, 0.717) is 6.42 Å². The molecule has 4 heteroatoms. The maximum absolute atomic E-state index is 12.1. The van der Waals surface area contributed by atoms with Crippen LogP contribution in [0.2, 0.25) is 0 Å². The van der Waals surface area contributed by atoms with E-state index in [4.69, 9.17) is 0 Å². The maximum Gasteiger partial charge on any atom is 0.220 e. The van der Waals surface area contributed by atoms with Gasteiger partial charge in [-0.15, -0.1) is 0 Å². The first-order valence-electron chi connectivity index (χ1n) is 15.1. The summed E-state index contributed by atoms with van der Waals surface area (Å²) in [6.45, 7) is 4.15. The summed E-state index contributed by atoms with van der Waals surface area (Å²) in [4.78, 5) is 12.1. The summed E-state index contributed by atoms with van der Waals surface area (Å²) in [5, 5.41) is 22.4. The Morgan fingerprint density at radius 1 is 0.657 bits per heavy atom. The lowest BCUT2D eigenvalue weighted by Gasteiger charge is -2.19. The molecule has 0 aromatic rings. The zero-order valence-corrected chi connectivity index (χ0v) is 23.3. The summed E-state index contributed by atoms with van der Waals surface area (Å²) < 4.78 is 0. The number of aliphatic hydroxyl groups excluding tert-OH is 2. The van der Waals surface area contributed by atoms with Gasteiger partial charge in [-0.3, -0.25) is 4.79 Å². The topological polar surface area (TPSA) is 69.6 Å². The molecule has 0 spiro atoms. The Labute approximate surface area is 218 Å². The van der Waals surface area contributed by atoms with Crippen LogP contribution >= 0.6 is 0 Å². The lowest BCUT2D eigenvalue weighted by Crippen LogP contribution is -2.45. The number of aliphatic hydroxyl groups is 2. The number of unbranched alkanes of at least 4 members (excludes halogenated alkanes) is 17. The van der Waals surface area contributed by atoms with Crippen molar-refractivity contribution >= 4 is 5.91 Å². The van der Waals surface area contributed by atoms with Gasteiger partial charge in [0.15, 0.2) is 0 Å². The minimum atomic E-state index is -0.832. The largest absolute Gasteiger partial charge is 0.394 e. The number of amides is 1. The molecule has 206 valence electrons. The molecule has 0 saturated heterocycles. The van der Waals surface area contributed by atoms with Crippen LogP contribution in [0, 0.1) is 0 Å². The van der Waals surface area contributed by atoms with Gasteiger partial charge in [-0.05, 0) is 38.5 Å². The van der Waals surface area contributed by atoms with Crippen molar-refractivity contribution in [2.45, 2.75) is 161 Å². The van der Waals surface area contributed by atoms with E-state index in [-0.39, 0.29) is 12.5 Å². The molecular weight excluding hydrogens is 434 g/mol. The van der Waals surface area contributed by atoms with Gasteiger partial charge in [0.1, 0.15) is 0 Å². The predicted octanol–water partition coefficient (Wildman–Crippen LogP) is 8.17. The fourth-order valence-electron chi connectivity index (χ4n) is 4.27. The summed E-state index contributed by atoms with van der Waals surface area (Å²) in [5.41, 5.74) is 0. The zero-order valence-electron chi connectivity index (χ0n) is 23.3. The van der Waals surface area contributed by atoms with Gasteiger partial charge in [0.2, 0.25) is 5.91 Å². The van der Waals surface area contributed by atoms with Crippen LogP contribution in [-0.4, -0.2) is 34.9 Å². The molecule has 2 atom stereocenters. The summed E-state index contributed by atoms with van der Waals surface area (Å²) in [5.74, 6) is -0.0777. The third-order valence-corrected chi connectivity index (χ3v) is 6.68. The van der Waals surface area contributed by atoms with Gasteiger partial charge in [-0.1, -0.05) is 128 Å². The number of carbonyl (C=O) groups excluding carboxylic acids is 1. The number of carbonyl (C=O) groups is 1. The Kier molecular flexibility index (Phi) is 26.6. The number of allylic oxidation sites excluding steroid dienone is 3. The highest BCUT2D eigenvalue weighted by Gasteiger charge is 2.17. The molecule has 35 heavy (non-hydrogen) atoms. The highest BCUT2D eigenvalue weighted by molar-refractivity contribution is 5.76. The van der Waals surface area contributed by atoms with E-state index in [1.54, 1.807) is 6.08 Å². The van der Waals surface area contributed by atoms with Crippen molar-refractivity contribution in [1.29, 1.82) is 0 Å². The standard InChI is InChI=1S/C31H59NO3/c1-3-5-7-9-10-11-12-13-14-15-16-17-18-19-20-21-22-23-25-27-31(35)32-29(28-33)30(34)26-24-8-6-4-2/h13-14,24,26,29-30,33-34H,3-12,15-23,25,27-28H2,1-2H3,(H,32,35)/b14-13-,26-24+. The maximum atomic E-state index is 12.1. The van der Waals surface area contributed by atoms with Crippen LogP contribution in [-0.2, 0) is 4.79 Å². The lowest BCUT2D eigenvalue weighted by molar-refractivity contribution is -0.123. The van der Waals surface area contributed by atoms with Crippen LogP contribution in [0.15, 0.2) is 24.3 Å². The average molecular weight is 494 g/mol. The molecule has 0 fully saturated rings. The molecule has 1 amide bonds. The third-order valence-electron chi connectivity index (χ3n) is 6.68. The van der Waals surface area contributed by atoms with E-state index in [9.17, 15) is 15.0 Å². The second kappa shape index (κ2) is 27.5. The molecule has 3 N–H and O–H groups in total. The first kappa shape index (κ1) is 33.9. The Bertz CT molecular complexity index is 503. The van der Waals surface area contributed by atoms with E-state index in [0.717, 1.165) is 32.1 Å². The summed E-state index contributed by atoms with van der Waals surface area (Å²) in [6.07, 6.45) is 32.9. The van der Waals surface area contributed by atoms with E-state index in [2.05, 4.69) is 31.3 Å². The van der Waals surface area contributed by atoms with E-state index in [1.807, 2.05) is 6.08 Å². The van der Waals surface area contributed by atoms with Gasteiger partial charge in [-0.25, -0.2) is 0 Å². The van der Waals surface area contributed by atoms with Crippen molar-refractivity contribution in [2.24, 2.45) is 0 Å². The van der Waals surface area contributed by atoms with Gasteiger partial charge in [-0.2, -0.15) is 0 Å². The van der Waals surface area contributed by atoms with Crippen molar-refractivity contribution in [1.82, 2.24) is 5.32 Å². The normalized spacial score (nSPS) is 13.6. The van der Waals surface area contributed by atoms with Crippen molar-refractivity contribution in [3.63, 3.8) is 0 Å². The van der Waals surface area contributed by atoms with Crippen molar-refractivity contribution < 1.29 is 15.0 Å². The Balaban J connectivity index is 3.49. The summed E-state index contributed by atoms with van der Waals surface area (Å²) in [7, 11) is 0. The molecule has 0 heterocycles. The molecule has 0 bridgehead atoms. The first-order chi connectivity index (χ1) is 17.2. The van der Waals surface area contributed by atoms with E-state index >= 15 is 0 Å². The highest BCUT2D eigenvalue weighted by atomic mass is 16.3. The monoisotopic (exact) mass is 493 g/mol. The first-order valence-corrected chi connectivity index (χ1v) is 15.1. The second-order valence-corrected chi connectivity index (χ2v) is 10.2. The fraction of sp³-hybridized carbons (Fsp3) is 0.839. The van der Waals surface area contributed by atoms with Crippen LogP contribution in [0.3, 0.4) is 0 Å². The quantitative estimate of drug-likeness (QED) is 0.0840. The lowest BCUT2D eigenvalue weighted by atomic mass is 10.0. The predicted molar refractivity (Wildman–Crippen MR) is 152 cm³/mol. The van der Waals surface area contributed by atoms with E-state index < -0.39 is 12.1 Å². The average Bonchev–Trinajstić information content (AvgIpc) is 2.86. The van der Waals surface area contributed by atoms with Crippen LogP contribution in [0.1, 0.15) is 149 Å². The van der Waals surface area contributed by atoms with Gasteiger partial charge in [0, 0.05) is 6.42 Å². The zero-order chi connectivity index (χ0) is 25.8. The number of rotatable bonds is 26. The smallest absolute Gasteiger partial charge is 0.220 e. The van der Waals surface area contributed by atoms with E-state index in [1.165, 1.54) is 96.3 Å². The number of hydrogen-bond acceptors (Lipinski definition) is 3. The fourth-order valence-corrected chi connectivity index (χ4v) is 4.27. The van der Waals surface area contributed by atoms with Crippen molar-refractivity contribution in [3.05, 3.63) is 24.3 Å². The van der Waals surface area contributed by atoms with Crippen LogP contribution < -0.4 is 5.32 Å². The molecule has 0 aliphatic heterocycles. The molecule has 4 nitrogen and oxygen atoms in total. The van der Waals surface area contributed by atoms with Gasteiger partial charge in [0.25, 0.3) is 0 Å². The molecule has 0 aromatic heterocycles. The van der Waals surface area contributed by atoms with Crippen LogP contribution in [0.25, 0.3) is 0 Å². The summed E-state index contributed by atoms with van der Waals surface area (Å²) >= 11 is 0. The molecule has 0 rings (SSSR count). The summed E-state index contributed by atoms with van der Waals surface area (Å²) in [6, 6.07) is -0.615. The van der Waals surface area contributed by atoms with Crippen LogP contribution in [0.4, 0.5) is 0 Å². The van der Waals surface area contributed by atoms with Gasteiger partial charge in [0.05, 0.1) is 18.8 Å². The molecule has 0 saturated carbocycles. The minimum absolute atomic E-state index is 0.0777. The Morgan fingerprint density at radius 3 is 1.63 bits per heavy atom. The Hall–Kier alpha value is -1.13. The molecule has 2 unspecified atom stereocenters. The molecule has 0 aliphatic carbocycles. The second-order valence-electron chi connectivity index (χ2n) is 10.2. The van der Waals surface area contributed by atoms with Crippen molar-refractivity contribution in [2.75, 3.05) is 6.61 Å². The molecule has 0 radical (unpaired) electrons. The van der Waals surface area contributed by atoms with Gasteiger partial charge >= 0.3 is 0 Å². The number of nitrogens with one attached hydrogen (secondary N) is 1. The molecular formula is C31H59NO3. The Morgan fingerprint density at radius 2 is 1.11 bits per heavy atom. The SMILES string of the molecule is CCCC/C=C/C(O)C(CO)NC(=O)CCCCCCCCCCC/C=C\CCCCCCCC. The van der Waals surface area contributed by atoms with Crippen LogP contribution in [0.5, 0.6) is 0 Å². The third kappa shape index (κ3) is 24.3. The number of hydrogen-bond donors (Lipinski definition) is 3.